The third kappa shape index (κ3) is 4.80. The minimum absolute atomic E-state index is 0.0135. The largest absolute Gasteiger partial charge is 0.381 e. The SMILES string of the molecule is CC1CCC(C(NC(=O)N(C)C2CCOC2)C(=O)Nc2cc3c(cn2)C2(CCOCC2)C(=O)N3)CC1. The van der Waals surface area contributed by atoms with Gasteiger partial charge in [-0.2, -0.15) is 0 Å². The molecular formula is C26H37N5O5. The molecule has 3 fully saturated rings. The van der Waals surface area contributed by atoms with Crippen LogP contribution in [0.1, 0.15) is 57.4 Å². The molecule has 36 heavy (non-hydrogen) atoms. The third-order valence-corrected chi connectivity index (χ3v) is 8.57. The Balaban J connectivity index is 1.31. The van der Waals surface area contributed by atoms with Crippen LogP contribution in [0.3, 0.4) is 0 Å². The molecule has 2 atom stereocenters. The maximum atomic E-state index is 13.5. The first-order chi connectivity index (χ1) is 17.4. The predicted octanol–water partition coefficient (Wildman–Crippen LogP) is 2.65. The van der Waals surface area contributed by atoms with Crippen LogP contribution in [-0.4, -0.2) is 73.3 Å². The number of ether oxygens (including phenoxy) is 2. The first kappa shape index (κ1) is 25.0. The fourth-order valence-electron chi connectivity index (χ4n) is 6.04. The van der Waals surface area contributed by atoms with Crippen LogP contribution in [-0.2, 0) is 24.5 Å². The van der Waals surface area contributed by atoms with Crippen LogP contribution >= 0.6 is 0 Å². The summed E-state index contributed by atoms with van der Waals surface area (Å²) in [5.74, 6) is 0.726. The number of carbonyl (C=O) groups is 3. The van der Waals surface area contributed by atoms with Crippen LogP contribution < -0.4 is 16.0 Å². The van der Waals surface area contributed by atoms with E-state index in [2.05, 4.69) is 27.9 Å². The topological polar surface area (TPSA) is 122 Å². The van der Waals surface area contributed by atoms with Gasteiger partial charge in [-0.15, -0.1) is 0 Å². The molecule has 5 rings (SSSR count). The first-order valence-corrected chi connectivity index (χ1v) is 13.2. The van der Waals surface area contributed by atoms with E-state index in [1.54, 1.807) is 24.2 Å². The smallest absolute Gasteiger partial charge is 0.318 e. The van der Waals surface area contributed by atoms with Crippen molar-refractivity contribution in [3.63, 3.8) is 0 Å². The minimum atomic E-state index is -0.666. The van der Waals surface area contributed by atoms with Crippen LogP contribution in [0.4, 0.5) is 16.3 Å². The molecule has 3 aliphatic heterocycles. The van der Waals surface area contributed by atoms with Crippen LogP contribution in [0.15, 0.2) is 12.3 Å². The number of carbonyl (C=O) groups excluding carboxylic acids is 3. The number of rotatable bonds is 5. The van der Waals surface area contributed by atoms with Gasteiger partial charge in [0.05, 0.1) is 23.8 Å². The van der Waals surface area contributed by atoms with E-state index in [-0.39, 0.29) is 29.8 Å². The van der Waals surface area contributed by atoms with Gasteiger partial charge in [0, 0.05) is 44.7 Å². The summed E-state index contributed by atoms with van der Waals surface area (Å²) in [5.41, 5.74) is 0.938. The normalized spacial score (nSPS) is 27.7. The van der Waals surface area contributed by atoms with Crippen molar-refractivity contribution in [3.05, 3.63) is 17.8 Å². The van der Waals surface area contributed by atoms with Crippen molar-refractivity contribution in [3.8, 4) is 0 Å². The van der Waals surface area contributed by atoms with Crippen LogP contribution in [0.25, 0.3) is 0 Å². The average molecular weight is 500 g/mol. The molecule has 1 spiro atoms. The first-order valence-electron chi connectivity index (χ1n) is 13.2. The summed E-state index contributed by atoms with van der Waals surface area (Å²) in [6.45, 7) is 4.45. The Morgan fingerprint density at radius 1 is 1.14 bits per heavy atom. The Labute approximate surface area is 211 Å². The molecular weight excluding hydrogens is 462 g/mol. The van der Waals surface area contributed by atoms with Crippen molar-refractivity contribution < 1.29 is 23.9 Å². The van der Waals surface area contributed by atoms with E-state index in [1.807, 2.05) is 0 Å². The van der Waals surface area contributed by atoms with Gasteiger partial charge in [0.1, 0.15) is 11.9 Å². The Kier molecular flexibility index (Phi) is 7.16. The number of fused-ring (bicyclic) bond motifs is 2. The highest BCUT2D eigenvalue weighted by atomic mass is 16.5. The molecule has 10 heteroatoms. The molecule has 1 aromatic rings. The molecule has 4 heterocycles. The van der Waals surface area contributed by atoms with Crippen molar-refractivity contribution >= 4 is 29.4 Å². The van der Waals surface area contributed by atoms with Gasteiger partial charge >= 0.3 is 6.03 Å². The molecule has 196 valence electrons. The van der Waals surface area contributed by atoms with E-state index >= 15 is 0 Å². The minimum Gasteiger partial charge on any atom is -0.381 e. The number of nitrogens with one attached hydrogen (secondary N) is 3. The number of likely N-dealkylation sites (N-methyl/N-ethyl adjacent to an activating group) is 1. The highest BCUT2D eigenvalue weighted by Gasteiger charge is 2.48. The van der Waals surface area contributed by atoms with E-state index in [0.717, 1.165) is 37.7 Å². The second-order valence-corrected chi connectivity index (χ2v) is 10.8. The summed E-state index contributed by atoms with van der Waals surface area (Å²) in [6.07, 6.45) is 7.55. The lowest BCUT2D eigenvalue weighted by Gasteiger charge is -2.34. The highest BCUT2D eigenvalue weighted by molar-refractivity contribution is 6.07. The summed E-state index contributed by atoms with van der Waals surface area (Å²) >= 11 is 0. The van der Waals surface area contributed by atoms with Crippen LogP contribution in [0.5, 0.6) is 0 Å². The molecule has 0 bridgehead atoms. The standard InChI is InChI=1S/C26H37N5O5/c1-16-3-5-17(6-4-16)22(30-25(34)31(2)18-7-10-36-15-18)23(32)29-21-13-20-19(14-27-21)26(24(33)28-20)8-11-35-12-9-26/h13-14,16-18,22H,3-12,15H2,1-2H3,(H,28,33)(H,30,34)(H,27,29,32). The molecule has 4 amide bonds. The Bertz CT molecular complexity index is 996. The fourth-order valence-corrected chi connectivity index (χ4v) is 6.04. The van der Waals surface area contributed by atoms with Crippen LogP contribution in [0, 0.1) is 11.8 Å². The van der Waals surface area contributed by atoms with Crippen molar-refractivity contribution in [2.24, 2.45) is 11.8 Å². The lowest BCUT2D eigenvalue weighted by Crippen LogP contribution is -2.54. The molecule has 0 radical (unpaired) electrons. The average Bonchev–Trinajstić information content (AvgIpc) is 3.50. The zero-order valence-corrected chi connectivity index (χ0v) is 21.2. The van der Waals surface area contributed by atoms with E-state index in [0.29, 0.717) is 56.7 Å². The monoisotopic (exact) mass is 499 g/mol. The number of hydrogen-bond donors (Lipinski definition) is 3. The van der Waals surface area contributed by atoms with Gasteiger partial charge in [-0.3, -0.25) is 9.59 Å². The van der Waals surface area contributed by atoms with Crippen molar-refractivity contribution in [2.75, 3.05) is 44.1 Å². The summed E-state index contributed by atoms with van der Waals surface area (Å²) in [7, 11) is 1.75. The van der Waals surface area contributed by atoms with Gasteiger partial charge in [0.15, 0.2) is 0 Å². The summed E-state index contributed by atoms with van der Waals surface area (Å²) in [6, 6.07) is 0.805. The number of amides is 4. The molecule has 3 N–H and O–H groups in total. The number of pyridine rings is 1. The molecule has 1 aliphatic carbocycles. The lowest BCUT2D eigenvalue weighted by atomic mass is 9.76. The van der Waals surface area contributed by atoms with Crippen LogP contribution in [0.2, 0.25) is 0 Å². The summed E-state index contributed by atoms with van der Waals surface area (Å²) in [5, 5.41) is 8.90. The highest BCUT2D eigenvalue weighted by Crippen LogP contribution is 2.44. The molecule has 1 saturated carbocycles. The maximum Gasteiger partial charge on any atom is 0.318 e. The summed E-state index contributed by atoms with van der Waals surface area (Å²) in [4.78, 5) is 45.6. The molecule has 2 saturated heterocycles. The van der Waals surface area contributed by atoms with E-state index < -0.39 is 11.5 Å². The molecule has 0 aromatic carbocycles. The van der Waals surface area contributed by atoms with E-state index in [4.69, 9.17) is 9.47 Å². The van der Waals surface area contributed by atoms with Crippen molar-refractivity contribution in [1.82, 2.24) is 15.2 Å². The zero-order chi connectivity index (χ0) is 25.3. The Morgan fingerprint density at radius 2 is 1.89 bits per heavy atom. The molecule has 10 nitrogen and oxygen atoms in total. The lowest BCUT2D eigenvalue weighted by molar-refractivity contribution is -0.124. The molecule has 1 aromatic heterocycles. The van der Waals surface area contributed by atoms with E-state index in [1.165, 1.54) is 0 Å². The molecule has 2 unspecified atom stereocenters. The predicted molar refractivity (Wildman–Crippen MR) is 134 cm³/mol. The van der Waals surface area contributed by atoms with Gasteiger partial charge in [-0.05, 0) is 43.9 Å². The van der Waals surface area contributed by atoms with Crippen molar-refractivity contribution in [2.45, 2.75) is 69.4 Å². The van der Waals surface area contributed by atoms with Gasteiger partial charge < -0.3 is 30.3 Å². The second-order valence-electron chi connectivity index (χ2n) is 10.8. The number of urea groups is 1. The number of nitrogens with zero attached hydrogens (tertiary/aromatic N) is 2. The second kappa shape index (κ2) is 10.3. The summed E-state index contributed by atoms with van der Waals surface area (Å²) < 4.78 is 10.9. The van der Waals surface area contributed by atoms with Gasteiger partial charge in [0.25, 0.3) is 0 Å². The maximum absolute atomic E-state index is 13.5. The zero-order valence-electron chi connectivity index (χ0n) is 21.2. The fraction of sp³-hybridized carbons (Fsp3) is 0.692. The number of anilines is 2. The Hall–Kier alpha value is -2.72. The van der Waals surface area contributed by atoms with Gasteiger partial charge in [0.2, 0.25) is 11.8 Å². The Morgan fingerprint density at radius 3 is 2.58 bits per heavy atom. The van der Waals surface area contributed by atoms with Gasteiger partial charge in [-0.25, -0.2) is 9.78 Å². The number of hydrogen-bond acceptors (Lipinski definition) is 6. The van der Waals surface area contributed by atoms with E-state index in [9.17, 15) is 14.4 Å². The third-order valence-electron chi connectivity index (χ3n) is 8.57. The van der Waals surface area contributed by atoms with Crippen molar-refractivity contribution in [1.29, 1.82) is 0 Å². The van der Waals surface area contributed by atoms with Gasteiger partial charge in [-0.1, -0.05) is 19.8 Å². The molecule has 4 aliphatic rings. The quantitative estimate of drug-likeness (QED) is 0.573. The number of aromatic nitrogens is 1.